The number of hydrogen-bond donors (Lipinski definition) is 0. The molecule has 0 aliphatic heterocycles. The van der Waals surface area contributed by atoms with Gasteiger partial charge in [0.2, 0.25) is 6.08 Å². The first kappa shape index (κ1) is 12.3. The lowest BCUT2D eigenvalue weighted by molar-refractivity contribution is -0.289. The molecule has 0 radical (unpaired) electrons. The molecule has 1 aromatic rings. The predicted octanol–water partition coefficient (Wildman–Crippen LogP) is 3.31. The summed E-state index contributed by atoms with van der Waals surface area (Å²) in [4.78, 5) is 12.7. The van der Waals surface area contributed by atoms with Gasteiger partial charge in [-0.05, 0) is 6.07 Å². The second-order valence-corrected chi connectivity index (χ2v) is 2.79. The van der Waals surface area contributed by atoms with Gasteiger partial charge in [0.15, 0.2) is 0 Å². The molecule has 0 bridgehead atoms. The quantitative estimate of drug-likeness (QED) is 0.440. The second-order valence-electron chi connectivity index (χ2n) is 2.79. The Morgan fingerprint density at radius 1 is 1.06 bits per heavy atom. The number of nitrogens with zero attached hydrogens (tertiary/aromatic N) is 1. The van der Waals surface area contributed by atoms with E-state index in [4.69, 9.17) is 0 Å². The summed E-state index contributed by atoms with van der Waals surface area (Å²) in [6.45, 7) is 0. The van der Waals surface area contributed by atoms with Crippen LogP contribution in [0, 0.1) is 0 Å². The maximum atomic E-state index is 12.9. The van der Waals surface area contributed by atoms with Crippen molar-refractivity contribution in [2.45, 2.75) is 12.1 Å². The van der Waals surface area contributed by atoms with Crippen molar-refractivity contribution in [3.63, 3.8) is 0 Å². The number of hydrogen-bond acceptors (Lipinski definition) is 2. The van der Waals surface area contributed by atoms with Crippen LogP contribution in [0.5, 0.6) is 0 Å². The van der Waals surface area contributed by atoms with Gasteiger partial charge < -0.3 is 0 Å². The molecule has 0 heterocycles. The molecule has 0 atom stereocenters. The number of halogens is 5. The highest BCUT2D eigenvalue weighted by molar-refractivity contribution is 5.55. The highest BCUT2D eigenvalue weighted by atomic mass is 19.4. The van der Waals surface area contributed by atoms with Crippen molar-refractivity contribution >= 4 is 11.8 Å². The fraction of sp³-hybridized carbons (Fsp3) is 0.222. The van der Waals surface area contributed by atoms with Crippen LogP contribution in [0.25, 0.3) is 0 Å². The Labute approximate surface area is 86.4 Å². The van der Waals surface area contributed by atoms with E-state index in [1.807, 2.05) is 0 Å². The van der Waals surface area contributed by atoms with Crippen LogP contribution in [0.3, 0.4) is 0 Å². The lowest BCUT2D eigenvalue weighted by Gasteiger charge is -2.20. The van der Waals surface area contributed by atoms with Crippen LogP contribution in [0.15, 0.2) is 29.3 Å². The average molecular weight is 237 g/mol. The second kappa shape index (κ2) is 4.02. The van der Waals surface area contributed by atoms with Crippen molar-refractivity contribution in [1.29, 1.82) is 0 Å². The van der Waals surface area contributed by atoms with Gasteiger partial charge >= 0.3 is 12.1 Å². The summed E-state index contributed by atoms with van der Waals surface area (Å²) < 4.78 is 62.0. The molecule has 0 N–H and O–H groups in total. The monoisotopic (exact) mass is 237 g/mol. The molecule has 2 nitrogen and oxygen atoms in total. The van der Waals surface area contributed by atoms with E-state index < -0.39 is 23.3 Å². The van der Waals surface area contributed by atoms with E-state index in [1.54, 1.807) is 0 Å². The van der Waals surface area contributed by atoms with Crippen molar-refractivity contribution in [2.75, 3.05) is 0 Å². The van der Waals surface area contributed by atoms with E-state index >= 15 is 0 Å². The molecule has 1 aromatic carbocycles. The van der Waals surface area contributed by atoms with Crippen LogP contribution in [0.4, 0.5) is 27.6 Å². The van der Waals surface area contributed by atoms with Gasteiger partial charge in [0, 0.05) is 0 Å². The van der Waals surface area contributed by atoms with Crippen LogP contribution in [-0.2, 0) is 10.7 Å². The average Bonchev–Trinajstić information content (AvgIpc) is 2.17. The van der Waals surface area contributed by atoms with Crippen molar-refractivity contribution in [1.82, 2.24) is 0 Å². The Hall–Kier alpha value is -1.75. The van der Waals surface area contributed by atoms with Gasteiger partial charge in [-0.2, -0.15) is 26.9 Å². The van der Waals surface area contributed by atoms with Gasteiger partial charge in [-0.15, -0.1) is 0 Å². The Bertz CT molecular complexity index is 434. The fourth-order valence-electron chi connectivity index (χ4n) is 1.04. The molecule has 0 fully saturated rings. The molecule has 0 aliphatic carbocycles. The van der Waals surface area contributed by atoms with Gasteiger partial charge in [-0.25, -0.2) is 4.79 Å². The maximum Gasteiger partial charge on any atom is 0.458 e. The van der Waals surface area contributed by atoms with E-state index in [9.17, 15) is 26.7 Å². The van der Waals surface area contributed by atoms with Crippen molar-refractivity contribution < 1.29 is 26.7 Å². The third-order valence-electron chi connectivity index (χ3n) is 1.76. The van der Waals surface area contributed by atoms with Gasteiger partial charge in [-0.1, -0.05) is 18.2 Å². The highest BCUT2D eigenvalue weighted by Gasteiger charge is 2.59. The molecule has 0 amide bonds. The topological polar surface area (TPSA) is 29.4 Å². The first-order valence-corrected chi connectivity index (χ1v) is 3.92. The van der Waals surface area contributed by atoms with Gasteiger partial charge in [-0.3, -0.25) is 0 Å². The first-order chi connectivity index (χ1) is 7.30. The number of rotatable bonds is 2. The zero-order chi connectivity index (χ0) is 12.4. The lowest BCUT2D eigenvalue weighted by atomic mass is 10.1. The number of aliphatic imine (C=N–C) groups is 1. The van der Waals surface area contributed by atoms with Gasteiger partial charge in [0.25, 0.3) is 0 Å². The molecule has 86 valence electrons. The van der Waals surface area contributed by atoms with E-state index in [0.717, 1.165) is 18.2 Å². The molecule has 0 spiro atoms. The van der Waals surface area contributed by atoms with Gasteiger partial charge in [0.1, 0.15) is 0 Å². The summed E-state index contributed by atoms with van der Waals surface area (Å²) in [5.41, 5.74) is -2.12. The Morgan fingerprint density at radius 2 is 1.62 bits per heavy atom. The molecule has 0 aromatic heterocycles. The maximum absolute atomic E-state index is 12.9. The molecule has 7 heteroatoms. The van der Waals surface area contributed by atoms with Crippen molar-refractivity contribution in [3.8, 4) is 0 Å². The normalized spacial score (nSPS) is 12.1. The molecular formula is C9H4F5NO. The predicted molar refractivity (Wildman–Crippen MR) is 44.2 cm³/mol. The fourth-order valence-corrected chi connectivity index (χ4v) is 1.04. The number of carbonyl (C=O) groups excluding carboxylic acids is 1. The Morgan fingerprint density at radius 3 is 2.12 bits per heavy atom. The first-order valence-electron chi connectivity index (χ1n) is 3.92. The Kier molecular flexibility index (Phi) is 3.09. The zero-order valence-corrected chi connectivity index (χ0v) is 7.55. The van der Waals surface area contributed by atoms with E-state index in [0.29, 0.717) is 6.07 Å². The third kappa shape index (κ3) is 2.09. The molecule has 0 saturated heterocycles. The number of isocyanates is 1. The van der Waals surface area contributed by atoms with Crippen LogP contribution in [0.2, 0.25) is 0 Å². The van der Waals surface area contributed by atoms with E-state index in [2.05, 4.69) is 4.99 Å². The van der Waals surface area contributed by atoms with Crippen molar-refractivity contribution in [2.24, 2.45) is 4.99 Å². The minimum absolute atomic E-state index is 0.559. The van der Waals surface area contributed by atoms with Crippen LogP contribution in [-0.4, -0.2) is 12.3 Å². The summed E-state index contributed by atoms with van der Waals surface area (Å²) in [6, 6.07) is 3.62. The minimum Gasteiger partial charge on any atom is -0.211 e. The zero-order valence-electron chi connectivity index (χ0n) is 7.55. The third-order valence-corrected chi connectivity index (χ3v) is 1.76. The van der Waals surface area contributed by atoms with Crippen LogP contribution in [0.1, 0.15) is 5.56 Å². The molecule has 16 heavy (non-hydrogen) atoms. The molecule has 1 rings (SSSR count). The van der Waals surface area contributed by atoms with E-state index in [1.165, 1.54) is 6.07 Å². The summed E-state index contributed by atoms with van der Waals surface area (Å²) in [6.07, 6.45) is -4.81. The summed E-state index contributed by atoms with van der Waals surface area (Å²) >= 11 is 0. The molecule has 0 saturated carbocycles. The summed E-state index contributed by atoms with van der Waals surface area (Å²) in [5.74, 6) is -5.05. The van der Waals surface area contributed by atoms with Crippen LogP contribution < -0.4 is 0 Å². The standard InChI is InChI=1S/C9H4F5NO/c10-8(11,9(12,13)14)6-3-1-2-4-7(6)15-5-16/h1-4H. The number of para-hydroxylation sites is 1. The van der Waals surface area contributed by atoms with Crippen molar-refractivity contribution in [3.05, 3.63) is 29.8 Å². The van der Waals surface area contributed by atoms with E-state index in [-0.39, 0.29) is 0 Å². The Balaban J connectivity index is 3.38. The summed E-state index contributed by atoms with van der Waals surface area (Å²) in [5, 5.41) is 0. The lowest BCUT2D eigenvalue weighted by Crippen LogP contribution is -2.33. The summed E-state index contributed by atoms with van der Waals surface area (Å²) in [7, 11) is 0. The number of benzene rings is 1. The molecule has 0 unspecified atom stereocenters. The number of alkyl halides is 5. The highest BCUT2D eigenvalue weighted by Crippen LogP contribution is 2.46. The molecule has 0 aliphatic rings. The van der Waals surface area contributed by atoms with Crippen LogP contribution >= 0.6 is 0 Å². The largest absolute Gasteiger partial charge is 0.458 e. The van der Waals surface area contributed by atoms with Gasteiger partial charge in [0.05, 0.1) is 11.3 Å². The minimum atomic E-state index is -5.73. The molecular weight excluding hydrogens is 233 g/mol. The smallest absolute Gasteiger partial charge is 0.211 e. The SMILES string of the molecule is O=C=Nc1ccccc1C(F)(F)C(F)(F)F.